The van der Waals surface area contributed by atoms with E-state index in [1.54, 1.807) is 0 Å². The minimum Gasteiger partial charge on any atom is -0.462 e. The van der Waals surface area contributed by atoms with E-state index in [0.717, 1.165) is 70.0 Å². The van der Waals surface area contributed by atoms with Crippen LogP contribution in [0.2, 0.25) is 0 Å². The molecule has 1 aromatic heterocycles. The van der Waals surface area contributed by atoms with Gasteiger partial charge in [-0.1, -0.05) is 24.8 Å². The van der Waals surface area contributed by atoms with Gasteiger partial charge in [-0.25, -0.2) is 0 Å². The van der Waals surface area contributed by atoms with Crippen molar-refractivity contribution < 1.29 is 9.53 Å². The van der Waals surface area contributed by atoms with Gasteiger partial charge in [0.05, 0.1) is 5.69 Å². The normalized spacial score (nSPS) is 25.5. The number of likely N-dealkylation sites (N-methyl/N-ethyl adjacent to an activating group) is 1. The molecule has 3 fully saturated rings. The Hall–Kier alpha value is -3.13. The van der Waals surface area contributed by atoms with Crippen LogP contribution in [0.3, 0.4) is 0 Å². The van der Waals surface area contributed by atoms with Gasteiger partial charge in [0.1, 0.15) is 12.4 Å². The van der Waals surface area contributed by atoms with E-state index in [0.29, 0.717) is 24.7 Å². The lowest BCUT2D eigenvalue weighted by Gasteiger charge is -2.60. The molecule has 206 valence electrons. The van der Waals surface area contributed by atoms with Crippen molar-refractivity contribution in [2.75, 3.05) is 62.7 Å². The summed E-state index contributed by atoms with van der Waals surface area (Å²) in [7, 11) is 2.18. The topological polar surface area (TPSA) is 65.0 Å². The van der Waals surface area contributed by atoms with Gasteiger partial charge in [0, 0.05) is 67.9 Å². The Morgan fingerprint density at radius 1 is 1.10 bits per heavy atom. The number of aryl methyl sites for hydroxylation is 1. The Labute approximate surface area is 231 Å². The van der Waals surface area contributed by atoms with Crippen LogP contribution >= 0.6 is 0 Å². The maximum atomic E-state index is 12.0. The summed E-state index contributed by atoms with van der Waals surface area (Å²) in [4.78, 5) is 31.4. The van der Waals surface area contributed by atoms with Crippen LogP contribution in [0, 0.1) is 5.41 Å². The first-order valence-corrected chi connectivity index (χ1v) is 14.8. The number of ether oxygens (including phenoxy) is 1. The second-order valence-corrected chi connectivity index (χ2v) is 12.4. The molecule has 0 unspecified atom stereocenters. The quantitative estimate of drug-likeness (QED) is 0.534. The van der Waals surface area contributed by atoms with Gasteiger partial charge in [-0.05, 0) is 69.8 Å². The van der Waals surface area contributed by atoms with Gasteiger partial charge in [0.15, 0.2) is 0 Å². The molecule has 7 rings (SSSR count). The molecule has 2 aromatic rings. The molecule has 8 nitrogen and oxygen atoms in total. The van der Waals surface area contributed by atoms with E-state index in [1.165, 1.54) is 48.6 Å². The van der Waals surface area contributed by atoms with Crippen LogP contribution < -0.4 is 14.5 Å². The summed E-state index contributed by atoms with van der Waals surface area (Å²) in [5.41, 5.74) is 5.53. The smallest absolute Gasteiger partial charge is 0.318 e. The second kappa shape index (κ2) is 9.81. The van der Waals surface area contributed by atoms with Crippen molar-refractivity contribution in [3.63, 3.8) is 0 Å². The first-order chi connectivity index (χ1) is 19.0. The number of likely N-dealkylation sites (tertiary alicyclic amines) is 2. The summed E-state index contributed by atoms with van der Waals surface area (Å²) >= 11 is 0. The molecule has 5 heterocycles. The Bertz CT molecular complexity index is 1270. The van der Waals surface area contributed by atoms with Gasteiger partial charge < -0.3 is 24.3 Å². The molecule has 3 saturated heterocycles. The molecule has 1 aliphatic carbocycles. The van der Waals surface area contributed by atoms with Crippen LogP contribution in [-0.2, 0) is 24.1 Å². The number of hydrogen-bond acceptors (Lipinski definition) is 7. The Morgan fingerprint density at radius 2 is 1.95 bits per heavy atom. The summed E-state index contributed by atoms with van der Waals surface area (Å²) in [6.07, 6.45) is 9.23. The highest BCUT2D eigenvalue weighted by Gasteiger charge is 2.53. The minimum atomic E-state index is 0.0383. The van der Waals surface area contributed by atoms with E-state index in [2.05, 4.69) is 52.6 Å². The van der Waals surface area contributed by atoms with E-state index < -0.39 is 0 Å². The van der Waals surface area contributed by atoms with Crippen molar-refractivity contribution in [1.82, 2.24) is 19.8 Å². The number of amides is 1. The maximum absolute atomic E-state index is 12.0. The third-order valence-corrected chi connectivity index (χ3v) is 9.76. The third kappa shape index (κ3) is 4.46. The number of carbonyl (C=O) groups is 1. The highest BCUT2D eigenvalue weighted by Crippen LogP contribution is 2.44. The molecule has 0 N–H and O–H groups in total. The van der Waals surface area contributed by atoms with Crippen LogP contribution in [-0.4, -0.2) is 90.7 Å². The van der Waals surface area contributed by atoms with Gasteiger partial charge in [0.2, 0.25) is 5.91 Å². The van der Waals surface area contributed by atoms with Gasteiger partial charge in [-0.3, -0.25) is 4.79 Å². The number of carbonyl (C=O) groups excluding carboxylic acids is 1. The highest BCUT2D eigenvalue weighted by molar-refractivity contribution is 5.88. The van der Waals surface area contributed by atoms with Crippen LogP contribution in [0.15, 0.2) is 36.9 Å². The molecule has 0 radical (unpaired) electrons. The average molecular weight is 529 g/mol. The maximum Gasteiger partial charge on any atom is 0.318 e. The summed E-state index contributed by atoms with van der Waals surface area (Å²) in [5, 5.41) is 0. The number of anilines is 2. The molecule has 0 saturated carbocycles. The van der Waals surface area contributed by atoms with Crippen LogP contribution in [0.4, 0.5) is 11.5 Å². The SMILES string of the molecule is C=CC(=O)N1CC2(C1)CN(c1nc(OC[C@@H]3CCCN3C)nc3c1CC[C@H](N1CCCc4ccccc41)C3)C2. The zero-order valence-corrected chi connectivity index (χ0v) is 23.1. The molecule has 1 spiro atoms. The fourth-order valence-electron chi connectivity index (χ4n) is 7.61. The van der Waals surface area contributed by atoms with Crippen molar-refractivity contribution in [3.05, 3.63) is 53.7 Å². The number of para-hydroxylation sites is 1. The molecule has 39 heavy (non-hydrogen) atoms. The van der Waals surface area contributed by atoms with Gasteiger partial charge in [0.25, 0.3) is 0 Å². The molecule has 0 bridgehead atoms. The summed E-state index contributed by atoms with van der Waals surface area (Å²) in [5.74, 6) is 1.10. The number of hydrogen-bond donors (Lipinski definition) is 0. The lowest BCUT2D eigenvalue weighted by atomic mass is 9.72. The first kappa shape index (κ1) is 24.9. The molecular weight excluding hydrogens is 488 g/mol. The van der Waals surface area contributed by atoms with Gasteiger partial charge >= 0.3 is 6.01 Å². The van der Waals surface area contributed by atoms with Crippen molar-refractivity contribution in [3.8, 4) is 6.01 Å². The van der Waals surface area contributed by atoms with Gasteiger partial charge in [-0.2, -0.15) is 9.97 Å². The Morgan fingerprint density at radius 3 is 2.74 bits per heavy atom. The van der Waals surface area contributed by atoms with Crippen molar-refractivity contribution in [2.45, 2.75) is 57.0 Å². The molecule has 1 amide bonds. The Balaban J connectivity index is 1.13. The standard InChI is InChI=1S/C31H40N6O2/c1-3-28(38)35-18-31(19-35)20-36(21-31)29-25-13-12-23(37-15-6-9-22-8-4-5-11-27(22)37)16-26(25)32-30(33-29)39-17-24-10-7-14-34(24)2/h3-5,8,11,23-24H,1,6-7,9-10,12-21H2,2H3/t23-,24-/m0/s1. The molecule has 2 atom stereocenters. The fraction of sp³-hybridized carbons (Fsp3) is 0.581. The molecule has 4 aliphatic heterocycles. The van der Waals surface area contributed by atoms with Crippen LogP contribution in [0.5, 0.6) is 6.01 Å². The molecular formula is C31H40N6O2. The highest BCUT2D eigenvalue weighted by atomic mass is 16.5. The summed E-state index contributed by atoms with van der Waals surface area (Å²) in [6.45, 7) is 10.0. The van der Waals surface area contributed by atoms with Crippen molar-refractivity contribution in [2.24, 2.45) is 5.41 Å². The lowest BCUT2D eigenvalue weighted by molar-refractivity contribution is -0.139. The molecule has 1 aromatic carbocycles. The van der Waals surface area contributed by atoms with Crippen LogP contribution in [0.25, 0.3) is 0 Å². The number of benzene rings is 1. The monoisotopic (exact) mass is 528 g/mol. The fourth-order valence-corrected chi connectivity index (χ4v) is 7.61. The predicted octanol–water partition coefficient (Wildman–Crippen LogP) is 3.09. The van der Waals surface area contributed by atoms with Crippen molar-refractivity contribution >= 4 is 17.4 Å². The van der Waals surface area contributed by atoms with E-state index in [4.69, 9.17) is 14.7 Å². The van der Waals surface area contributed by atoms with E-state index in [9.17, 15) is 4.79 Å². The minimum absolute atomic E-state index is 0.0383. The molecule has 5 aliphatic rings. The number of nitrogens with zero attached hydrogens (tertiary/aromatic N) is 6. The molecule has 8 heteroatoms. The third-order valence-electron chi connectivity index (χ3n) is 9.76. The summed E-state index contributed by atoms with van der Waals surface area (Å²) in [6, 6.07) is 10.3. The van der Waals surface area contributed by atoms with Crippen molar-refractivity contribution in [1.29, 1.82) is 0 Å². The zero-order chi connectivity index (χ0) is 26.6. The van der Waals surface area contributed by atoms with Gasteiger partial charge in [-0.15, -0.1) is 0 Å². The number of fused-ring (bicyclic) bond motifs is 2. The Kier molecular flexibility index (Phi) is 6.26. The zero-order valence-electron chi connectivity index (χ0n) is 23.1. The van der Waals surface area contributed by atoms with Crippen LogP contribution in [0.1, 0.15) is 42.5 Å². The summed E-state index contributed by atoms with van der Waals surface area (Å²) < 4.78 is 6.31. The average Bonchev–Trinajstić information content (AvgIpc) is 3.33. The predicted molar refractivity (Wildman–Crippen MR) is 153 cm³/mol. The number of rotatable bonds is 6. The lowest BCUT2D eigenvalue weighted by Crippen LogP contribution is -2.73. The van der Waals surface area contributed by atoms with E-state index >= 15 is 0 Å². The van der Waals surface area contributed by atoms with E-state index in [1.807, 2.05) is 4.90 Å². The number of aromatic nitrogens is 2. The first-order valence-electron chi connectivity index (χ1n) is 14.8. The largest absolute Gasteiger partial charge is 0.462 e. The van der Waals surface area contributed by atoms with E-state index in [-0.39, 0.29) is 11.3 Å². The second-order valence-electron chi connectivity index (χ2n) is 12.4.